The van der Waals surface area contributed by atoms with E-state index in [0.717, 1.165) is 23.9 Å². The molecule has 2 heterocycles. The summed E-state index contributed by atoms with van der Waals surface area (Å²) in [5, 5.41) is 1.05. The molecule has 0 spiro atoms. The molecule has 1 N–H and O–H groups in total. The molecule has 116 valence electrons. The second-order valence-corrected chi connectivity index (χ2v) is 5.93. The summed E-state index contributed by atoms with van der Waals surface area (Å²) in [6, 6.07) is 8.02. The number of aryl methyl sites for hydroxylation is 1. The highest BCUT2D eigenvalue weighted by atomic mass is 16.2. The summed E-state index contributed by atoms with van der Waals surface area (Å²) < 4.78 is 0. The number of rotatable bonds is 1. The molecule has 0 atom stereocenters. The normalized spacial score (nSPS) is 15.9. The largest absolute Gasteiger partial charge is 0.351 e. The van der Waals surface area contributed by atoms with Gasteiger partial charge in [-0.1, -0.05) is 12.1 Å². The molecule has 2 aromatic rings. The van der Waals surface area contributed by atoms with Crippen molar-refractivity contribution >= 4 is 22.7 Å². The number of carbonyl (C=O) groups excluding carboxylic acids is 2. The van der Waals surface area contributed by atoms with Crippen LogP contribution in [0.15, 0.2) is 24.3 Å². The zero-order valence-electron chi connectivity index (χ0n) is 13.1. The van der Waals surface area contributed by atoms with Crippen molar-refractivity contribution in [1.82, 2.24) is 14.8 Å². The van der Waals surface area contributed by atoms with E-state index in [1.54, 1.807) is 6.92 Å². The molecule has 1 aliphatic heterocycles. The van der Waals surface area contributed by atoms with E-state index in [0.29, 0.717) is 25.3 Å². The topological polar surface area (TPSA) is 56.4 Å². The first kappa shape index (κ1) is 14.6. The van der Waals surface area contributed by atoms with E-state index in [-0.39, 0.29) is 11.8 Å². The third-order valence-corrected chi connectivity index (χ3v) is 4.24. The molecule has 0 aliphatic carbocycles. The van der Waals surface area contributed by atoms with Gasteiger partial charge in [0, 0.05) is 44.0 Å². The van der Waals surface area contributed by atoms with Crippen LogP contribution in [0.3, 0.4) is 0 Å². The third-order valence-electron chi connectivity index (χ3n) is 4.24. The van der Waals surface area contributed by atoms with Crippen molar-refractivity contribution in [3.05, 3.63) is 35.5 Å². The van der Waals surface area contributed by atoms with E-state index >= 15 is 0 Å². The number of nitrogens with one attached hydrogen (secondary N) is 1. The van der Waals surface area contributed by atoms with E-state index < -0.39 is 0 Å². The van der Waals surface area contributed by atoms with Crippen LogP contribution in [0, 0.1) is 6.92 Å². The van der Waals surface area contributed by atoms with Crippen molar-refractivity contribution in [1.29, 1.82) is 0 Å². The number of aromatic nitrogens is 1. The Morgan fingerprint density at radius 3 is 2.55 bits per heavy atom. The highest BCUT2D eigenvalue weighted by Gasteiger charge is 2.22. The Morgan fingerprint density at radius 2 is 1.77 bits per heavy atom. The van der Waals surface area contributed by atoms with Crippen LogP contribution in [-0.4, -0.2) is 52.8 Å². The Morgan fingerprint density at radius 1 is 1.05 bits per heavy atom. The summed E-state index contributed by atoms with van der Waals surface area (Å²) in [4.78, 5) is 31.0. The van der Waals surface area contributed by atoms with E-state index in [1.165, 1.54) is 5.56 Å². The number of hydrogen-bond acceptors (Lipinski definition) is 2. The minimum absolute atomic E-state index is 0.0132. The molecular formula is C17H21N3O2. The lowest BCUT2D eigenvalue weighted by Gasteiger charge is -2.20. The highest BCUT2D eigenvalue weighted by Crippen LogP contribution is 2.18. The van der Waals surface area contributed by atoms with Crippen molar-refractivity contribution in [2.24, 2.45) is 0 Å². The van der Waals surface area contributed by atoms with Gasteiger partial charge in [0.1, 0.15) is 5.69 Å². The van der Waals surface area contributed by atoms with Crippen LogP contribution in [0.1, 0.15) is 29.4 Å². The number of hydrogen-bond donors (Lipinski definition) is 1. The Kier molecular flexibility index (Phi) is 3.88. The van der Waals surface area contributed by atoms with Gasteiger partial charge in [-0.15, -0.1) is 0 Å². The van der Waals surface area contributed by atoms with E-state index in [9.17, 15) is 9.59 Å². The van der Waals surface area contributed by atoms with Crippen LogP contribution in [0.4, 0.5) is 0 Å². The van der Waals surface area contributed by atoms with E-state index in [2.05, 4.69) is 4.98 Å². The lowest BCUT2D eigenvalue weighted by molar-refractivity contribution is -0.128. The lowest BCUT2D eigenvalue weighted by atomic mass is 10.2. The minimum atomic E-state index is 0.0132. The standard InChI is InChI=1S/C17H21N3O2/c1-12-4-5-14-11-16(18-15(14)10-12)17(22)20-7-3-6-19(8-9-20)13(2)21/h4-5,10-11,18H,3,6-9H2,1-2H3. The molecule has 22 heavy (non-hydrogen) atoms. The Bertz CT molecular complexity index is 720. The summed E-state index contributed by atoms with van der Waals surface area (Å²) in [5.74, 6) is 0.0923. The number of carbonyl (C=O) groups is 2. The Labute approximate surface area is 129 Å². The molecule has 5 nitrogen and oxygen atoms in total. The van der Waals surface area contributed by atoms with Gasteiger partial charge < -0.3 is 14.8 Å². The fraction of sp³-hybridized carbons (Fsp3) is 0.412. The molecule has 0 saturated carbocycles. The van der Waals surface area contributed by atoms with Crippen LogP contribution in [0.25, 0.3) is 10.9 Å². The first-order valence-corrected chi connectivity index (χ1v) is 7.69. The van der Waals surface area contributed by atoms with Gasteiger partial charge in [0.25, 0.3) is 5.91 Å². The minimum Gasteiger partial charge on any atom is -0.351 e. The predicted molar refractivity (Wildman–Crippen MR) is 85.8 cm³/mol. The van der Waals surface area contributed by atoms with Crippen molar-refractivity contribution in [3.63, 3.8) is 0 Å². The van der Waals surface area contributed by atoms with Gasteiger partial charge in [0.2, 0.25) is 5.91 Å². The van der Waals surface area contributed by atoms with Crippen molar-refractivity contribution in [2.45, 2.75) is 20.3 Å². The number of nitrogens with zero attached hydrogens (tertiary/aromatic N) is 2. The number of aromatic amines is 1. The molecule has 1 aromatic carbocycles. The first-order valence-electron chi connectivity index (χ1n) is 7.69. The molecule has 2 amide bonds. The molecule has 1 saturated heterocycles. The van der Waals surface area contributed by atoms with Gasteiger partial charge in [0.15, 0.2) is 0 Å². The van der Waals surface area contributed by atoms with Crippen molar-refractivity contribution < 1.29 is 9.59 Å². The monoisotopic (exact) mass is 299 g/mol. The molecule has 1 fully saturated rings. The van der Waals surface area contributed by atoms with Crippen LogP contribution in [-0.2, 0) is 4.79 Å². The molecule has 3 rings (SSSR count). The summed E-state index contributed by atoms with van der Waals surface area (Å²) in [5.41, 5.74) is 2.78. The highest BCUT2D eigenvalue weighted by molar-refractivity contribution is 5.98. The maximum Gasteiger partial charge on any atom is 0.270 e. The SMILES string of the molecule is CC(=O)N1CCCN(C(=O)c2cc3ccc(C)cc3[nH]2)CC1. The second-order valence-electron chi connectivity index (χ2n) is 5.93. The third kappa shape index (κ3) is 2.84. The fourth-order valence-electron chi connectivity index (χ4n) is 2.96. The average Bonchev–Trinajstić information content (AvgIpc) is 2.74. The van der Waals surface area contributed by atoms with Crippen molar-refractivity contribution in [3.8, 4) is 0 Å². The van der Waals surface area contributed by atoms with Gasteiger partial charge in [0.05, 0.1) is 0 Å². The zero-order valence-corrected chi connectivity index (χ0v) is 13.1. The van der Waals surface area contributed by atoms with Crippen LogP contribution >= 0.6 is 0 Å². The number of fused-ring (bicyclic) bond motifs is 1. The van der Waals surface area contributed by atoms with Gasteiger partial charge in [-0.3, -0.25) is 9.59 Å². The van der Waals surface area contributed by atoms with Gasteiger partial charge in [-0.05, 0) is 31.0 Å². The molecule has 1 aromatic heterocycles. The molecule has 0 unspecified atom stereocenters. The van der Waals surface area contributed by atoms with Crippen LogP contribution < -0.4 is 0 Å². The molecule has 1 aliphatic rings. The molecular weight excluding hydrogens is 278 g/mol. The number of amides is 2. The molecule has 0 bridgehead atoms. The van der Waals surface area contributed by atoms with Crippen LogP contribution in [0.5, 0.6) is 0 Å². The summed E-state index contributed by atoms with van der Waals surface area (Å²) >= 11 is 0. The molecule has 5 heteroatoms. The fourth-order valence-corrected chi connectivity index (χ4v) is 2.96. The summed E-state index contributed by atoms with van der Waals surface area (Å²) in [6.07, 6.45) is 0.824. The first-order chi connectivity index (χ1) is 10.5. The number of benzene rings is 1. The average molecular weight is 299 g/mol. The molecule has 0 radical (unpaired) electrons. The Hall–Kier alpha value is -2.30. The van der Waals surface area contributed by atoms with E-state index in [4.69, 9.17) is 0 Å². The summed E-state index contributed by atoms with van der Waals surface area (Å²) in [6.45, 7) is 6.24. The van der Waals surface area contributed by atoms with Crippen molar-refractivity contribution in [2.75, 3.05) is 26.2 Å². The number of H-pyrrole nitrogens is 1. The quantitative estimate of drug-likeness (QED) is 0.877. The smallest absolute Gasteiger partial charge is 0.270 e. The Balaban J connectivity index is 1.78. The van der Waals surface area contributed by atoms with Gasteiger partial charge in [-0.25, -0.2) is 0 Å². The van der Waals surface area contributed by atoms with Gasteiger partial charge in [-0.2, -0.15) is 0 Å². The van der Waals surface area contributed by atoms with E-state index in [1.807, 2.05) is 41.0 Å². The second kappa shape index (κ2) is 5.83. The zero-order chi connectivity index (χ0) is 15.7. The maximum absolute atomic E-state index is 12.7. The van der Waals surface area contributed by atoms with Gasteiger partial charge >= 0.3 is 0 Å². The predicted octanol–water partition coefficient (Wildman–Crippen LogP) is 2.17. The lowest BCUT2D eigenvalue weighted by Crippen LogP contribution is -2.36. The maximum atomic E-state index is 12.7. The van der Waals surface area contributed by atoms with Crippen LogP contribution in [0.2, 0.25) is 0 Å². The summed E-state index contributed by atoms with van der Waals surface area (Å²) in [7, 11) is 0.